The number of para-hydroxylation sites is 1. The van der Waals surface area contributed by atoms with Gasteiger partial charge in [0.05, 0.1) is 30.0 Å². The van der Waals surface area contributed by atoms with Crippen LogP contribution in [0.5, 0.6) is 0 Å². The van der Waals surface area contributed by atoms with E-state index in [0.717, 1.165) is 57.8 Å². The monoisotopic (exact) mass is 526 g/mol. The highest BCUT2D eigenvalue weighted by molar-refractivity contribution is 9.10. The van der Waals surface area contributed by atoms with Crippen LogP contribution in [0.1, 0.15) is 28.5 Å². The van der Waals surface area contributed by atoms with E-state index in [0.29, 0.717) is 13.1 Å². The van der Waals surface area contributed by atoms with Crippen LogP contribution >= 0.6 is 15.9 Å². The maximum atomic E-state index is 4.91. The number of aromatic nitrogens is 5. The highest BCUT2D eigenvalue weighted by Gasteiger charge is 2.14. The van der Waals surface area contributed by atoms with E-state index < -0.39 is 0 Å². The van der Waals surface area contributed by atoms with E-state index in [9.17, 15) is 0 Å². The number of hydrogen-bond donors (Lipinski definition) is 0. The molecule has 6 nitrogen and oxygen atoms in total. The van der Waals surface area contributed by atoms with Gasteiger partial charge in [0.25, 0.3) is 0 Å². The highest BCUT2D eigenvalue weighted by atomic mass is 79.9. The Balaban J connectivity index is 1.36. The van der Waals surface area contributed by atoms with Crippen LogP contribution in [0.25, 0.3) is 10.9 Å². The molecule has 0 unspecified atom stereocenters. The van der Waals surface area contributed by atoms with E-state index >= 15 is 0 Å². The summed E-state index contributed by atoms with van der Waals surface area (Å²) < 4.78 is 3.18. The third-order valence-corrected chi connectivity index (χ3v) is 6.54. The molecule has 176 valence electrons. The molecule has 0 fully saturated rings. The first kappa shape index (κ1) is 23.3. The number of rotatable bonds is 9. The molecule has 0 saturated heterocycles. The molecule has 0 aliphatic rings. The van der Waals surface area contributed by atoms with Gasteiger partial charge in [-0.25, -0.2) is 0 Å². The molecule has 3 heterocycles. The molecule has 2 aromatic carbocycles. The van der Waals surface area contributed by atoms with E-state index in [1.807, 2.05) is 37.3 Å². The molecule has 0 radical (unpaired) electrons. The number of aryl methyl sites for hydroxylation is 1. The predicted molar refractivity (Wildman–Crippen MR) is 142 cm³/mol. The average Bonchev–Trinajstić information content (AvgIpc) is 3.29. The predicted octanol–water partition coefficient (Wildman–Crippen LogP) is 5.59. The second-order valence-corrected chi connectivity index (χ2v) is 9.64. The Morgan fingerprint density at radius 2 is 1.69 bits per heavy atom. The SMILES string of the molecule is Cc1cccc(Cn2cnnc2CN(CCc2ccc(Br)cc2)Cc2ccc3ccccc3n2)n1. The van der Waals surface area contributed by atoms with Gasteiger partial charge in [-0.2, -0.15) is 0 Å². The van der Waals surface area contributed by atoms with Crippen molar-refractivity contribution < 1.29 is 0 Å². The summed E-state index contributed by atoms with van der Waals surface area (Å²) in [5.41, 5.74) is 5.38. The van der Waals surface area contributed by atoms with E-state index in [1.165, 1.54) is 5.56 Å². The zero-order valence-electron chi connectivity index (χ0n) is 19.7. The molecule has 0 spiro atoms. The van der Waals surface area contributed by atoms with Gasteiger partial charge in [-0.05, 0) is 55.3 Å². The quantitative estimate of drug-likeness (QED) is 0.250. The molecule has 0 N–H and O–H groups in total. The molecule has 0 saturated carbocycles. The topological polar surface area (TPSA) is 59.7 Å². The Bertz CT molecular complexity index is 1410. The standard InChI is InChI=1S/C28H27BrN6/c1-21-5-4-7-25(31-21)18-35-20-30-33-28(35)19-34(16-15-22-9-12-24(29)13-10-22)17-26-14-11-23-6-2-3-8-27(23)32-26/h2-14,20H,15-19H2,1H3. The van der Waals surface area contributed by atoms with Gasteiger partial charge in [0, 0.05) is 28.6 Å². The maximum Gasteiger partial charge on any atom is 0.147 e. The van der Waals surface area contributed by atoms with E-state index in [4.69, 9.17) is 4.98 Å². The van der Waals surface area contributed by atoms with Crippen LogP contribution in [0.2, 0.25) is 0 Å². The first-order chi connectivity index (χ1) is 17.1. The molecule has 0 bridgehead atoms. The van der Waals surface area contributed by atoms with Crippen LogP contribution in [-0.4, -0.2) is 36.2 Å². The molecule has 0 aliphatic heterocycles. The second kappa shape index (κ2) is 10.9. The molecule has 5 aromatic rings. The smallest absolute Gasteiger partial charge is 0.147 e. The van der Waals surface area contributed by atoms with Crippen molar-refractivity contribution in [3.63, 3.8) is 0 Å². The van der Waals surface area contributed by atoms with Crippen molar-refractivity contribution in [1.29, 1.82) is 0 Å². The largest absolute Gasteiger partial charge is 0.310 e. The van der Waals surface area contributed by atoms with Crippen LogP contribution in [0, 0.1) is 6.92 Å². The zero-order chi connectivity index (χ0) is 24.0. The summed E-state index contributed by atoms with van der Waals surface area (Å²) in [6.07, 6.45) is 2.73. The van der Waals surface area contributed by atoms with Crippen LogP contribution in [0.15, 0.2) is 89.7 Å². The number of fused-ring (bicyclic) bond motifs is 1. The van der Waals surface area contributed by atoms with Gasteiger partial charge in [0.15, 0.2) is 0 Å². The summed E-state index contributed by atoms with van der Waals surface area (Å²) in [6.45, 7) is 4.95. The molecule has 3 aromatic heterocycles. The lowest BCUT2D eigenvalue weighted by Gasteiger charge is -2.22. The summed E-state index contributed by atoms with van der Waals surface area (Å²) in [7, 11) is 0. The average molecular weight is 527 g/mol. The van der Waals surface area contributed by atoms with Crippen LogP contribution < -0.4 is 0 Å². The van der Waals surface area contributed by atoms with E-state index in [1.54, 1.807) is 6.33 Å². The van der Waals surface area contributed by atoms with E-state index in [-0.39, 0.29) is 0 Å². The number of nitrogens with zero attached hydrogens (tertiary/aromatic N) is 6. The molecule has 0 amide bonds. The lowest BCUT2D eigenvalue weighted by molar-refractivity contribution is 0.247. The summed E-state index contributed by atoms with van der Waals surface area (Å²) in [4.78, 5) is 11.9. The summed E-state index contributed by atoms with van der Waals surface area (Å²) in [5.74, 6) is 0.921. The lowest BCUT2D eigenvalue weighted by atomic mass is 10.1. The summed E-state index contributed by atoms with van der Waals surface area (Å²) >= 11 is 3.53. The number of halogens is 1. The van der Waals surface area contributed by atoms with Gasteiger partial charge in [-0.15, -0.1) is 10.2 Å². The fraction of sp³-hybridized carbons (Fsp3) is 0.214. The third-order valence-electron chi connectivity index (χ3n) is 6.01. The van der Waals surface area contributed by atoms with Crippen molar-refractivity contribution in [2.24, 2.45) is 0 Å². The maximum absolute atomic E-state index is 4.91. The minimum atomic E-state index is 0.652. The Hall–Kier alpha value is -3.42. The van der Waals surface area contributed by atoms with Gasteiger partial charge in [0.2, 0.25) is 0 Å². The number of benzene rings is 2. The molecule has 35 heavy (non-hydrogen) atoms. The van der Waals surface area contributed by atoms with E-state index in [2.05, 4.69) is 89.1 Å². The molecule has 7 heteroatoms. The minimum Gasteiger partial charge on any atom is -0.310 e. The number of hydrogen-bond acceptors (Lipinski definition) is 5. The van der Waals surface area contributed by atoms with Crippen LogP contribution in [0.3, 0.4) is 0 Å². The first-order valence-electron chi connectivity index (χ1n) is 11.7. The minimum absolute atomic E-state index is 0.652. The van der Waals surface area contributed by atoms with Gasteiger partial charge >= 0.3 is 0 Å². The van der Waals surface area contributed by atoms with Crippen LogP contribution in [0.4, 0.5) is 0 Å². The van der Waals surface area contributed by atoms with Crippen molar-refractivity contribution in [2.45, 2.75) is 33.0 Å². The normalized spacial score (nSPS) is 11.4. The molecular formula is C28H27BrN6. The van der Waals surface area contributed by atoms with Crippen molar-refractivity contribution in [1.82, 2.24) is 29.6 Å². The van der Waals surface area contributed by atoms with Crippen molar-refractivity contribution in [3.8, 4) is 0 Å². The molecular weight excluding hydrogens is 500 g/mol. The Kier molecular flexibility index (Phi) is 7.25. The summed E-state index contributed by atoms with van der Waals surface area (Å²) in [5, 5.41) is 9.81. The zero-order valence-corrected chi connectivity index (χ0v) is 21.3. The fourth-order valence-electron chi connectivity index (χ4n) is 4.17. The third kappa shape index (κ3) is 6.18. The highest BCUT2D eigenvalue weighted by Crippen LogP contribution is 2.16. The fourth-order valence-corrected chi connectivity index (χ4v) is 4.44. The molecule has 0 aliphatic carbocycles. The second-order valence-electron chi connectivity index (χ2n) is 8.73. The van der Waals surface area contributed by atoms with Gasteiger partial charge in [0.1, 0.15) is 12.2 Å². The Morgan fingerprint density at radius 1 is 0.829 bits per heavy atom. The van der Waals surface area contributed by atoms with Gasteiger partial charge < -0.3 is 4.57 Å². The van der Waals surface area contributed by atoms with Crippen molar-refractivity contribution in [2.75, 3.05) is 6.54 Å². The Morgan fingerprint density at radius 3 is 2.54 bits per heavy atom. The first-order valence-corrected chi connectivity index (χ1v) is 12.5. The van der Waals surface area contributed by atoms with Crippen molar-refractivity contribution in [3.05, 3.63) is 118 Å². The molecule has 5 rings (SSSR count). The van der Waals surface area contributed by atoms with Crippen molar-refractivity contribution >= 4 is 26.8 Å². The van der Waals surface area contributed by atoms with Gasteiger partial charge in [-0.1, -0.05) is 58.4 Å². The Labute approximate surface area is 213 Å². The van der Waals surface area contributed by atoms with Crippen LogP contribution in [-0.2, 0) is 26.1 Å². The summed E-state index contributed by atoms with van der Waals surface area (Å²) in [6, 6.07) is 27.1. The number of pyridine rings is 2. The van der Waals surface area contributed by atoms with Gasteiger partial charge in [-0.3, -0.25) is 14.9 Å². The molecule has 0 atom stereocenters. The lowest BCUT2D eigenvalue weighted by Crippen LogP contribution is -2.27.